The molecule has 4 heteroatoms. The van der Waals surface area contributed by atoms with E-state index >= 15 is 0 Å². The summed E-state index contributed by atoms with van der Waals surface area (Å²) in [7, 11) is 0. The van der Waals surface area contributed by atoms with Gasteiger partial charge >= 0.3 is 0 Å². The van der Waals surface area contributed by atoms with E-state index in [9.17, 15) is 14.0 Å². The molecule has 0 fully saturated rings. The number of amides is 1. The molecule has 1 aliphatic rings. The van der Waals surface area contributed by atoms with E-state index in [4.69, 9.17) is 0 Å². The van der Waals surface area contributed by atoms with Crippen LogP contribution in [-0.4, -0.2) is 18.2 Å². The lowest BCUT2D eigenvalue weighted by Gasteiger charge is -2.30. The molecule has 0 saturated carbocycles. The number of ketones is 1. The molecule has 1 aliphatic heterocycles. The molecule has 0 N–H and O–H groups in total. The zero-order valence-electron chi connectivity index (χ0n) is 13.7. The molecule has 0 saturated heterocycles. The van der Waals surface area contributed by atoms with Crippen LogP contribution in [0.5, 0.6) is 0 Å². The van der Waals surface area contributed by atoms with Crippen LogP contribution in [0.25, 0.3) is 0 Å². The average Bonchev–Trinajstić information content (AvgIpc) is 2.61. The number of benzene rings is 2. The lowest BCUT2D eigenvalue weighted by Crippen LogP contribution is -2.38. The summed E-state index contributed by atoms with van der Waals surface area (Å²) in [5.74, 6) is -0.141. The Morgan fingerprint density at radius 2 is 1.88 bits per heavy atom. The van der Waals surface area contributed by atoms with E-state index in [1.165, 1.54) is 12.1 Å². The summed E-state index contributed by atoms with van der Waals surface area (Å²) in [5, 5.41) is 0. The summed E-state index contributed by atoms with van der Waals surface area (Å²) < 4.78 is 13.1. The Labute approximate surface area is 141 Å². The zero-order valence-corrected chi connectivity index (χ0v) is 13.7. The standard InChI is InChI=1S/C20H20FNO2/c1-2-14(15-7-9-16(21)10-8-15)13-20(24)22-12-11-19(23)17-5-3-4-6-18(17)22/h3-10,14H,2,11-13H2,1H3. The van der Waals surface area contributed by atoms with Gasteiger partial charge in [-0.05, 0) is 42.2 Å². The second kappa shape index (κ2) is 6.95. The number of halogens is 1. The number of fused-ring (bicyclic) bond motifs is 1. The summed E-state index contributed by atoms with van der Waals surface area (Å²) in [6, 6.07) is 13.6. The third-order valence-corrected chi connectivity index (χ3v) is 4.61. The molecule has 24 heavy (non-hydrogen) atoms. The van der Waals surface area contributed by atoms with Gasteiger partial charge in [0.25, 0.3) is 0 Å². The number of hydrogen-bond donors (Lipinski definition) is 0. The van der Waals surface area contributed by atoms with Gasteiger partial charge in [0, 0.05) is 24.9 Å². The van der Waals surface area contributed by atoms with Crippen LogP contribution in [0.2, 0.25) is 0 Å². The fourth-order valence-electron chi connectivity index (χ4n) is 3.23. The Balaban J connectivity index is 1.80. The van der Waals surface area contributed by atoms with Crippen molar-refractivity contribution in [3.05, 3.63) is 65.5 Å². The Bertz CT molecular complexity index is 754. The molecule has 3 rings (SSSR count). The number of carbonyl (C=O) groups excluding carboxylic acids is 2. The van der Waals surface area contributed by atoms with Crippen LogP contribution >= 0.6 is 0 Å². The Kier molecular flexibility index (Phi) is 4.74. The maximum absolute atomic E-state index is 13.1. The molecular weight excluding hydrogens is 305 g/mol. The van der Waals surface area contributed by atoms with Gasteiger partial charge in [-0.3, -0.25) is 9.59 Å². The predicted molar refractivity (Wildman–Crippen MR) is 91.8 cm³/mol. The number of Topliss-reactive ketones (excluding diaryl/α,β-unsaturated/α-hetero) is 1. The van der Waals surface area contributed by atoms with Crippen LogP contribution in [0.3, 0.4) is 0 Å². The quantitative estimate of drug-likeness (QED) is 0.839. The first-order valence-electron chi connectivity index (χ1n) is 8.28. The highest BCUT2D eigenvalue weighted by atomic mass is 19.1. The van der Waals surface area contributed by atoms with Crippen molar-refractivity contribution in [2.45, 2.75) is 32.1 Å². The van der Waals surface area contributed by atoms with Crippen molar-refractivity contribution in [2.75, 3.05) is 11.4 Å². The Hall–Kier alpha value is -2.49. The first kappa shape index (κ1) is 16.4. The highest BCUT2D eigenvalue weighted by Crippen LogP contribution is 2.30. The molecule has 0 radical (unpaired) electrons. The highest BCUT2D eigenvalue weighted by Gasteiger charge is 2.28. The molecule has 2 aromatic carbocycles. The maximum Gasteiger partial charge on any atom is 0.227 e. The van der Waals surface area contributed by atoms with Crippen LogP contribution in [0.1, 0.15) is 48.0 Å². The van der Waals surface area contributed by atoms with E-state index < -0.39 is 0 Å². The molecule has 0 aromatic heterocycles. The van der Waals surface area contributed by atoms with Gasteiger partial charge in [0.05, 0.1) is 5.69 Å². The van der Waals surface area contributed by atoms with E-state index in [2.05, 4.69) is 0 Å². The molecule has 3 nitrogen and oxygen atoms in total. The molecule has 0 spiro atoms. The number of rotatable bonds is 4. The summed E-state index contributed by atoms with van der Waals surface area (Å²) >= 11 is 0. The lowest BCUT2D eigenvalue weighted by molar-refractivity contribution is -0.119. The number of carbonyl (C=O) groups is 2. The van der Waals surface area contributed by atoms with Gasteiger partial charge in [0.2, 0.25) is 5.91 Å². The highest BCUT2D eigenvalue weighted by molar-refractivity contribution is 6.08. The second-order valence-corrected chi connectivity index (χ2v) is 6.10. The SMILES string of the molecule is CCC(CC(=O)N1CCC(=O)c2ccccc21)c1ccc(F)cc1. The molecule has 1 heterocycles. The molecule has 1 unspecified atom stereocenters. The van der Waals surface area contributed by atoms with E-state index in [0.717, 1.165) is 12.0 Å². The molecule has 1 amide bonds. The van der Waals surface area contributed by atoms with Gasteiger partial charge in [-0.25, -0.2) is 4.39 Å². The van der Waals surface area contributed by atoms with E-state index in [0.29, 0.717) is 30.6 Å². The molecule has 2 aromatic rings. The van der Waals surface area contributed by atoms with E-state index in [1.807, 2.05) is 25.1 Å². The first-order valence-corrected chi connectivity index (χ1v) is 8.28. The topological polar surface area (TPSA) is 37.4 Å². The van der Waals surface area contributed by atoms with Crippen molar-refractivity contribution >= 4 is 17.4 Å². The monoisotopic (exact) mass is 325 g/mol. The minimum atomic E-state index is -0.275. The summed E-state index contributed by atoms with van der Waals surface area (Å²) in [5.41, 5.74) is 2.29. The third-order valence-electron chi connectivity index (χ3n) is 4.61. The Morgan fingerprint density at radius 1 is 1.17 bits per heavy atom. The lowest BCUT2D eigenvalue weighted by atomic mass is 9.91. The fraction of sp³-hybridized carbons (Fsp3) is 0.300. The number of nitrogens with zero attached hydrogens (tertiary/aromatic N) is 1. The largest absolute Gasteiger partial charge is 0.311 e. The third kappa shape index (κ3) is 3.23. The average molecular weight is 325 g/mol. The molecule has 0 aliphatic carbocycles. The van der Waals surface area contributed by atoms with E-state index in [-0.39, 0.29) is 23.4 Å². The van der Waals surface area contributed by atoms with Crippen molar-refractivity contribution in [1.29, 1.82) is 0 Å². The summed E-state index contributed by atoms with van der Waals surface area (Å²) in [6.07, 6.45) is 1.51. The summed E-state index contributed by atoms with van der Waals surface area (Å²) in [6.45, 7) is 2.45. The number of anilines is 1. The van der Waals surface area contributed by atoms with Crippen LogP contribution in [-0.2, 0) is 4.79 Å². The molecule has 1 atom stereocenters. The van der Waals surface area contributed by atoms with Gasteiger partial charge in [0.15, 0.2) is 5.78 Å². The van der Waals surface area contributed by atoms with Gasteiger partial charge in [0.1, 0.15) is 5.82 Å². The van der Waals surface area contributed by atoms with Crippen molar-refractivity contribution in [3.8, 4) is 0 Å². The second-order valence-electron chi connectivity index (χ2n) is 6.10. The first-order chi connectivity index (χ1) is 11.6. The zero-order chi connectivity index (χ0) is 17.1. The smallest absolute Gasteiger partial charge is 0.227 e. The molecular formula is C20H20FNO2. The predicted octanol–water partition coefficient (Wildman–Crippen LogP) is 4.33. The van der Waals surface area contributed by atoms with Gasteiger partial charge < -0.3 is 4.90 Å². The van der Waals surface area contributed by atoms with Crippen LogP contribution < -0.4 is 4.90 Å². The van der Waals surface area contributed by atoms with Crippen LogP contribution in [0.15, 0.2) is 48.5 Å². The maximum atomic E-state index is 13.1. The van der Waals surface area contributed by atoms with Gasteiger partial charge in [-0.1, -0.05) is 31.2 Å². The van der Waals surface area contributed by atoms with Crippen molar-refractivity contribution < 1.29 is 14.0 Å². The van der Waals surface area contributed by atoms with Crippen molar-refractivity contribution in [3.63, 3.8) is 0 Å². The van der Waals surface area contributed by atoms with Gasteiger partial charge in [-0.2, -0.15) is 0 Å². The number of hydrogen-bond acceptors (Lipinski definition) is 2. The minimum absolute atomic E-state index is 0.00567. The van der Waals surface area contributed by atoms with Crippen molar-refractivity contribution in [2.24, 2.45) is 0 Å². The van der Waals surface area contributed by atoms with Crippen LogP contribution in [0, 0.1) is 5.82 Å². The Morgan fingerprint density at radius 3 is 2.58 bits per heavy atom. The van der Waals surface area contributed by atoms with E-state index in [1.54, 1.807) is 23.1 Å². The van der Waals surface area contributed by atoms with Crippen molar-refractivity contribution in [1.82, 2.24) is 0 Å². The minimum Gasteiger partial charge on any atom is -0.311 e. The van der Waals surface area contributed by atoms with Gasteiger partial charge in [-0.15, -0.1) is 0 Å². The number of para-hydroxylation sites is 1. The molecule has 0 bridgehead atoms. The summed E-state index contributed by atoms with van der Waals surface area (Å²) in [4.78, 5) is 26.5. The van der Waals surface area contributed by atoms with Crippen LogP contribution in [0.4, 0.5) is 10.1 Å². The molecule has 124 valence electrons. The fourth-order valence-corrected chi connectivity index (χ4v) is 3.23. The normalized spacial score (nSPS) is 15.1.